The van der Waals surface area contributed by atoms with Crippen molar-refractivity contribution in [2.45, 2.75) is 13.3 Å². The van der Waals surface area contributed by atoms with Crippen molar-refractivity contribution in [3.8, 4) is 11.3 Å². The van der Waals surface area contributed by atoms with Gasteiger partial charge in [-0.3, -0.25) is 9.69 Å². The van der Waals surface area contributed by atoms with Gasteiger partial charge >= 0.3 is 0 Å². The molecule has 1 saturated heterocycles. The third-order valence-electron chi connectivity index (χ3n) is 5.72. The second-order valence-electron chi connectivity index (χ2n) is 8.06. The third kappa shape index (κ3) is 6.60. The van der Waals surface area contributed by atoms with E-state index in [9.17, 15) is 4.79 Å². The Morgan fingerprint density at radius 3 is 2.47 bits per heavy atom. The van der Waals surface area contributed by atoms with Gasteiger partial charge in [-0.1, -0.05) is 59.6 Å². The van der Waals surface area contributed by atoms with Gasteiger partial charge in [0, 0.05) is 38.3 Å². The van der Waals surface area contributed by atoms with Crippen LogP contribution < -0.4 is 10.2 Å². The summed E-state index contributed by atoms with van der Waals surface area (Å²) in [5, 5.41) is 4.20. The Bertz CT molecular complexity index is 1100. The van der Waals surface area contributed by atoms with E-state index in [-0.39, 0.29) is 18.3 Å². The van der Waals surface area contributed by atoms with Crippen LogP contribution in [0.3, 0.4) is 0 Å². The number of amides is 1. The molecular formula is C25H28Cl3N5O. The molecule has 1 N–H and O–H groups in total. The van der Waals surface area contributed by atoms with Crippen LogP contribution in [-0.2, 0) is 0 Å². The molecule has 0 bridgehead atoms. The molecule has 0 radical (unpaired) electrons. The maximum Gasteiger partial charge on any atom is 0.270 e. The molecular weight excluding hydrogens is 493 g/mol. The van der Waals surface area contributed by atoms with Gasteiger partial charge in [-0.25, -0.2) is 9.97 Å². The minimum atomic E-state index is -0.168. The summed E-state index contributed by atoms with van der Waals surface area (Å²) >= 11 is 12.5. The Morgan fingerprint density at radius 1 is 1.00 bits per heavy atom. The molecule has 1 aliphatic heterocycles. The molecule has 1 aromatic heterocycles. The summed E-state index contributed by atoms with van der Waals surface area (Å²) in [5.74, 6) is 0.414. The number of hydrogen-bond acceptors (Lipinski definition) is 5. The number of halogens is 3. The molecule has 2 aromatic carbocycles. The van der Waals surface area contributed by atoms with E-state index < -0.39 is 0 Å². The number of hydrogen-bond donors (Lipinski definition) is 1. The van der Waals surface area contributed by atoms with Crippen LogP contribution in [0.15, 0.2) is 54.6 Å². The van der Waals surface area contributed by atoms with E-state index in [1.54, 1.807) is 13.0 Å². The highest BCUT2D eigenvalue weighted by molar-refractivity contribution is 6.43. The SMILES string of the molecule is Cc1nc(C(=O)NCCCN2CCN(c3cccc(Cl)c3Cl)CC2)cc(-c2ccccc2)n1.Cl. The van der Waals surface area contributed by atoms with Crippen molar-refractivity contribution in [2.75, 3.05) is 44.2 Å². The zero-order valence-electron chi connectivity index (χ0n) is 19.0. The Labute approximate surface area is 216 Å². The Hall–Kier alpha value is -2.38. The van der Waals surface area contributed by atoms with Gasteiger partial charge in [0.1, 0.15) is 11.5 Å². The van der Waals surface area contributed by atoms with Crippen LogP contribution in [0.5, 0.6) is 0 Å². The number of aromatic nitrogens is 2. The average Bonchev–Trinajstić information content (AvgIpc) is 2.84. The predicted molar refractivity (Wildman–Crippen MR) is 142 cm³/mol. The highest BCUT2D eigenvalue weighted by atomic mass is 35.5. The topological polar surface area (TPSA) is 61.4 Å². The van der Waals surface area contributed by atoms with Gasteiger partial charge in [-0.05, 0) is 38.1 Å². The molecule has 0 atom stereocenters. The zero-order valence-corrected chi connectivity index (χ0v) is 21.3. The number of nitrogens with zero attached hydrogens (tertiary/aromatic N) is 4. The van der Waals surface area contributed by atoms with Crippen LogP contribution in [-0.4, -0.2) is 60.0 Å². The van der Waals surface area contributed by atoms with E-state index in [0.717, 1.165) is 56.1 Å². The quantitative estimate of drug-likeness (QED) is 0.438. The number of piperazine rings is 1. The monoisotopic (exact) mass is 519 g/mol. The predicted octanol–water partition coefficient (Wildman–Crippen LogP) is 5.12. The maximum atomic E-state index is 12.6. The standard InChI is InChI=1S/C25H27Cl2N5O.ClH/c1-18-29-21(19-7-3-2-4-8-19)17-22(30-18)25(33)28-11-6-12-31-13-15-32(16-14-31)23-10-5-9-20(26)24(23)27;/h2-5,7-10,17H,6,11-16H2,1H3,(H,28,33);1H. The number of anilines is 1. The van der Waals surface area contributed by atoms with Gasteiger partial charge in [0.05, 0.1) is 21.4 Å². The van der Waals surface area contributed by atoms with E-state index in [1.807, 2.05) is 48.5 Å². The number of rotatable bonds is 7. The molecule has 4 rings (SSSR count). The van der Waals surface area contributed by atoms with Crippen LogP contribution >= 0.6 is 35.6 Å². The first-order valence-electron chi connectivity index (χ1n) is 11.1. The second kappa shape index (κ2) is 12.4. The van der Waals surface area contributed by atoms with Gasteiger partial charge in [0.25, 0.3) is 5.91 Å². The minimum Gasteiger partial charge on any atom is -0.368 e. The number of carbonyl (C=O) groups is 1. The Balaban J connectivity index is 0.00000324. The van der Waals surface area contributed by atoms with Crippen molar-refractivity contribution in [3.63, 3.8) is 0 Å². The molecule has 9 heteroatoms. The molecule has 1 fully saturated rings. The first-order chi connectivity index (χ1) is 16.0. The van der Waals surface area contributed by atoms with Gasteiger partial charge < -0.3 is 10.2 Å². The highest BCUT2D eigenvalue weighted by Gasteiger charge is 2.19. The number of nitrogens with one attached hydrogen (secondary N) is 1. The summed E-state index contributed by atoms with van der Waals surface area (Å²) in [6.07, 6.45) is 0.874. The lowest BCUT2D eigenvalue weighted by atomic mass is 10.1. The minimum absolute atomic E-state index is 0. The second-order valence-corrected chi connectivity index (χ2v) is 8.85. The summed E-state index contributed by atoms with van der Waals surface area (Å²) in [6.45, 7) is 7.02. The molecule has 0 saturated carbocycles. The summed E-state index contributed by atoms with van der Waals surface area (Å²) in [7, 11) is 0. The molecule has 0 aliphatic carbocycles. The largest absolute Gasteiger partial charge is 0.368 e. The Morgan fingerprint density at radius 2 is 1.74 bits per heavy atom. The van der Waals surface area contributed by atoms with E-state index in [2.05, 4.69) is 25.1 Å². The zero-order chi connectivity index (χ0) is 23.2. The fraction of sp³-hybridized carbons (Fsp3) is 0.320. The van der Waals surface area contributed by atoms with Crippen LogP contribution in [0.1, 0.15) is 22.7 Å². The lowest BCUT2D eigenvalue weighted by Crippen LogP contribution is -2.47. The van der Waals surface area contributed by atoms with Crippen LogP contribution in [0.25, 0.3) is 11.3 Å². The van der Waals surface area contributed by atoms with Crippen molar-refractivity contribution in [1.82, 2.24) is 20.2 Å². The Kier molecular flexibility index (Phi) is 9.54. The van der Waals surface area contributed by atoms with Crippen molar-refractivity contribution < 1.29 is 4.79 Å². The molecule has 0 unspecified atom stereocenters. The van der Waals surface area contributed by atoms with Crippen LogP contribution in [0, 0.1) is 6.92 Å². The normalized spacial score (nSPS) is 13.9. The first kappa shape index (κ1) is 26.2. The van der Waals surface area contributed by atoms with Gasteiger partial charge in [-0.2, -0.15) is 0 Å². The molecule has 0 spiro atoms. The molecule has 1 amide bonds. The summed E-state index contributed by atoms with van der Waals surface area (Å²) in [5.41, 5.74) is 3.11. The van der Waals surface area contributed by atoms with Gasteiger partial charge in [0.15, 0.2) is 0 Å². The van der Waals surface area contributed by atoms with E-state index in [0.29, 0.717) is 28.1 Å². The smallest absolute Gasteiger partial charge is 0.270 e. The number of carbonyl (C=O) groups excluding carboxylic acids is 1. The molecule has 2 heterocycles. The molecule has 34 heavy (non-hydrogen) atoms. The van der Waals surface area contributed by atoms with Gasteiger partial charge in [-0.15, -0.1) is 12.4 Å². The van der Waals surface area contributed by atoms with Crippen LogP contribution in [0.2, 0.25) is 10.0 Å². The first-order valence-corrected chi connectivity index (χ1v) is 11.9. The van der Waals surface area contributed by atoms with E-state index in [1.165, 1.54) is 0 Å². The van der Waals surface area contributed by atoms with E-state index >= 15 is 0 Å². The third-order valence-corrected chi connectivity index (χ3v) is 6.53. The summed E-state index contributed by atoms with van der Waals surface area (Å²) < 4.78 is 0. The molecule has 180 valence electrons. The average molecular weight is 521 g/mol. The van der Waals surface area contributed by atoms with Crippen molar-refractivity contribution in [3.05, 3.63) is 76.2 Å². The van der Waals surface area contributed by atoms with Gasteiger partial charge in [0.2, 0.25) is 0 Å². The van der Waals surface area contributed by atoms with Crippen molar-refractivity contribution in [1.29, 1.82) is 0 Å². The number of aryl methyl sites for hydroxylation is 1. The molecule has 6 nitrogen and oxygen atoms in total. The molecule has 1 aliphatic rings. The summed E-state index contributed by atoms with van der Waals surface area (Å²) in [6, 6.07) is 17.3. The highest BCUT2D eigenvalue weighted by Crippen LogP contribution is 2.32. The maximum absolute atomic E-state index is 12.6. The molecule has 3 aromatic rings. The van der Waals surface area contributed by atoms with E-state index in [4.69, 9.17) is 23.2 Å². The lowest BCUT2D eigenvalue weighted by Gasteiger charge is -2.36. The fourth-order valence-corrected chi connectivity index (χ4v) is 4.40. The fourth-order valence-electron chi connectivity index (χ4n) is 3.98. The lowest BCUT2D eigenvalue weighted by molar-refractivity contribution is 0.0946. The van der Waals surface area contributed by atoms with Crippen LogP contribution in [0.4, 0.5) is 5.69 Å². The van der Waals surface area contributed by atoms with Crippen molar-refractivity contribution >= 4 is 47.2 Å². The summed E-state index contributed by atoms with van der Waals surface area (Å²) in [4.78, 5) is 26.1. The van der Waals surface area contributed by atoms with Crippen molar-refractivity contribution in [2.24, 2.45) is 0 Å². The number of benzene rings is 2.